The number of piperidine rings is 1. The molecule has 0 aliphatic carbocycles. The van der Waals surface area contributed by atoms with Crippen molar-refractivity contribution >= 4 is 28.7 Å². The third-order valence-corrected chi connectivity index (χ3v) is 5.58. The van der Waals surface area contributed by atoms with E-state index in [0.717, 1.165) is 36.7 Å². The largest absolute Gasteiger partial charge is 0.433 e. The number of benzene rings is 1. The van der Waals surface area contributed by atoms with Crippen LogP contribution in [0.3, 0.4) is 0 Å². The second-order valence-corrected chi connectivity index (χ2v) is 7.74. The van der Waals surface area contributed by atoms with Gasteiger partial charge < -0.3 is 9.32 Å². The average Bonchev–Trinajstić information content (AvgIpc) is 3.03. The molecule has 28 heavy (non-hydrogen) atoms. The molecule has 5 nitrogen and oxygen atoms in total. The number of alkyl halides is 3. The van der Waals surface area contributed by atoms with Crippen LogP contribution in [-0.2, 0) is 12.7 Å². The van der Waals surface area contributed by atoms with Gasteiger partial charge in [-0.15, -0.1) is 0 Å². The maximum atomic E-state index is 12.6. The quantitative estimate of drug-likeness (QED) is 0.644. The molecule has 146 valence electrons. The van der Waals surface area contributed by atoms with E-state index in [1.165, 1.54) is 12.3 Å². The summed E-state index contributed by atoms with van der Waals surface area (Å²) in [5.41, 5.74) is 1.36. The molecular formula is C19H16ClF3N4O. The van der Waals surface area contributed by atoms with E-state index in [2.05, 4.69) is 19.8 Å². The number of rotatable bonds is 3. The summed E-state index contributed by atoms with van der Waals surface area (Å²) in [7, 11) is 0. The van der Waals surface area contributed by atoms with Gasteiger partial charge in [0, 0.05) is 42.9 Å². The number of aromatic nitrogens is 2. The number of pyridine rings is 1. The smallest absolute Gasteiger partial charge is 0.423 e. The zero-order valence-electron chi connectivity index (χ0n) is 14.7. The van der Waals surface area contributed by atoms with Crippen molar-refractivity contribution in [3.8, 4) is 0 Å². The van der Waals surface area contributed by atoms with E-state index >= 15 is 0 Å². The molecule has 3 fully saturated rings. The molecule has 2 bridgehead atoms. The highest BCUT2D eigenvalue weighted by atomic mass is 35.5. The summed E-state index contributed by atoms with van der Waals surface area (Å²) in [4.78, 5) is 12.5. The van der Waals surface area contributed by atoms with Gasteiger partial charge in [-0.25, -0.2) is 0 Å². The van der Waals surface area contributed by atoms with Crippen LogP contribution in [0.25, 0.3) is 11.1 Å². The van der Waals surface area contributed by atoms with Gasteiger partial charge in [-0.3, -0.25) is 9.88 Å². The van der Waals surface area contributed by atoms with Crippen molar-refractivity contribution in [1.29, 1.82) is 0 Å². The van der Waals surface area contributed by atoms with Gasteiger partial charge in [-0.05, 0) is 36.2 Å². The predicted octanol–water partition coefficient (Wildman–Crippen LogP) is 4.36. The maximum Gasteiger partial charge on any atom is 0.433 e. The Labute approximate surface area is 163 Å². The van der Waals surface area contributed by atoms with Crippen LogP contribution in [-0.4, -0.2) is 40.0 Å². The number of piperazine rings is 1. The Hall–Kier alpha value is -2.32. The van der Waals surface area contributed by atoms with Gasteiger partial charge in [0.25, 0.3) is 6.01 Å². The van der Waals surface area contributed by atoms with Gasteiger partial charge in [0.15, 0.2) is 5.58 Å². The van der Waals surface area contributed by atoms with Gasteiger partial charge in [0.05, 0.1) is 0 Å². The first-order valence-corrected chi connectivity index (χ1v) is 9.33. The van der Waals surface area contributed by atoms with Crippen molar-refractivity contribution < 1.29 is 17.6 Å². The monoisotopic (exact) mass is 408 g/mol. The lowest BCUT2D eigenvalue weighted by Gasteiger charge is -2.55. The molecule has 2 unspecified atom stereocenters. The number of hydrogen-bond donors (Lipinski definition) is 0. The van der Waals surface area contributed by atoms with Gasteiger partial charge in [-0.1, -0.05) is 17.7 Å². The van der Waals surface area contributed by atoms with Crippen molar-refractivity contribution in [2.45, 2.75) is 31.2 Å². The Bertz CT molecular complexity index is 1010. The fraction of sp³-hybridized carbons (Fsp3) is 0.368. The highest BCUT2D eigenvalue weighted by Gasteiger charge is 2.46. The van der Waals surface area contributed by atoms with Crippen LogP contribution in [0.1, 0.15) is 17.7 Å². The average molecular weight is 409 g/mol. The minimum absolute atomic E-state index is 0.282. The number of nitrogens with zero attached hydrogens (tertiary/aromatic N) is 4. The molecular weight excluding hydrogens is 393 g/mol. The van der Waals surface area contributed by atoms with Crippen LogP contribution < -0.4 is 4.90 Å². The summed E-state index contributed by atoms with van der Waals surface area (Å²) >= 11 is 6.01. The lowest BCUT2D eigenvalue weighted by atomic mass is 9.88. The normalized spacial score (nSPS) is 22.5. The van der Waals surface area contributed by atoms with Crippen molar-refractivity contribution in [1.82, 2.24) is 14.9 Å². The molecule has 0 spiro atoms. The van der Waals surface area contributed by atoms with E-state index in [4.69, 9.17) is 16.0 Å². The minimum atomic E-state index is -4.41. The molecule has 2 aromatic heterocycles. The number of oxazole rings is 1. The fourth-order valence-electron chi connectivity index (χ4n) is 4.08. The molecule has 0 saturated carbocycles. The number of anilines is 1. The zero-order chi connectivity index (χ0) is 19.5. The first kappa shape index (κ1) is 17.8. The lowest BCUT2D eigenvalue weighted by molar-refractivity contribution is -0.141. The standard InChI is InChI=1S/C19H16ClF3N4O/c20-12-2-3-16-15(5-12)25-18(28-16)27-13-6-14(27)10-26(9-13)8-11-1-4-17(24-7-11)19(21,22)23/h1-5,7,13-14H,6,8-10H2. The second kappa shape index (κ2) is 6.35. The van der Waals surface area contributed by atoms with E-state index in [9.17, 15) is 13.2 Å². The van der Waals surface area contributed by atoms with Gasteiger partial charge in [0.1, 0.15) is 11.2 Å². The van der Waals surface area contributed by atoms with Crippen molar-refractivity contribution in [3.63, 3.8) is 0 Å². The fourth-order valence-corrected chi connectivity index (χ4v) is 4.25. The molecule has 6 rings (SSSR count). The second-order valence-electron chi connectivity index (χ2n) is 7.30. The minimum Gasteiger partial charge on any atom is -0.423 e. The Balaban J connectivity index is 1.26. The summed E-state index contributed by atoms with van der Waals surface area (Å²) in [5, 5.41) is 0.618. The van der Waals surface area contributed by atoms with Crippen molar-refractivity contribution in [2.24, 2.45) is 0 Å². The summed E-state index contributed by atoms with van der Waals surface area (Å²) in [5.74, 6) is 0. The Kier molecular flexibility index (Phi) is 4.03. The summed E-state index contributed by atoms with van der Waals surface area (Å²) < 4.78 is 43.8. The number of fused-ring (bicyclic) bond motifs is 3. The van der Waals surface area contributed by atoms with Gasteiger partial charge >= 0.3 is 6.18 Å². The highest BCUT2D eigenvalue weighted by Crippen LogP contribution is 2.38. The molecule has 9 heteroatoms. The Morgan fingerprint density at radius 3 is 2.61 bits per heavy atom. The lowest BCUT2D eigenvalue weighted by Crippen LogP contribution is -2.68. The summed E-state index contributed by atoms with van der Waals surface area (Å²) in [6.45, 7) is 2.18. The van der Waals surface area contributed by atoms with E-state index in [1.54, 1.807) is 12.1 Å². The molecule has 2 atom stereocenters. The zero-order valence-corrected chi connectivity index (χ0v) is 15.4. The molecule has 0 N–H and O–H groups in total. The molecule has 1 aromatic carbocycles. The van der Waals surface area contributed by atoms with E-state index in [0.29, 0.717) is 23.2 Å². The topological polar surface area (TPSA) is 45.4 Å². The maximum absolute atomic E-state index is 12.6. The Morgan fingerprint density at radius 2 is 1.93 bits per heavy atom. The van der Waals surface area contributed by atoms with Crippen LogP contribution in [0.4, 0.5) is 19.2 Å². The Morgan fingerprint density at radius 1 is 1.14 bits per heavy atom. The van der Waals surface area contributed by atoms with Crippen LogP contribution >= 0.6 is 11.6 Å². The van der Waals surface area contributed by atoms with Gasteiger partial charge in [0.2, 0.25) is 0 Å². The highest BCUT2D eigenvalue weighted by molar-refractivity contribution is 6.31. The molecule has 0 amide bonds. The predicted molar refractivity (Wildman–Crippen MR) is 98.2 cm³/mol. The van der Waals surface area contributed by atoms with Crippen molar-refractivity contribution in [3.05, 3.63) is 52.8 Å². The molecule has 3 aliphatic heterocycles. The van der Waals surface area contributed by atoms with E-state index < -0.39 is 11.9 Å². The van der Waals surface area contributed by atoms with E-state index in [1.807, 2.05) is 6.07 Å². The number of hydrogen-bond acceptors (Lipinski definition) is 5. The van der Waals surface area contributed by atoms with Crippen molar-refractivity contribution in [2.75, 3.05) is 18.0 Å². The first-order chi connectivity index (χ1) is 13.4. The van der Waals surface area contributed by atoms with Crippen LogP contribution in [0.5, 0.6) is 0 Å². The summed E-state index contributed by atoms with van der Waals surface area (Å²) in [6, 6.07) is 9.07. The van der Waals surface area contributed by atoms with Crippen LogP contribution in [0.15, 0.2) is 40.9 Å². The molecule has 3 saturated heterocycles. The third kappa shape index (κ3) is 3.10. The summed E-state index contributed by atoms with van der Waals surface area (Å²) in [6.07, 6.45) is -2.04. The molecule has 3 aromatic rings. The van der Waals surface area contributed by atoms with Gasteiger partial charge in [-0.2, -0.15) is 18.2 Å². The van der Waals surface area contributed by atoms with Crippen LogP contribution in [0, 0.1) is 0 Å². The molecule has 0 radical (unpaired) electrons. The first-order valence-electron chi connectivity index (χ1n) is 8.96. The van der Waals surface area contributed by atoms with E-state index in [-0.39, 0.29) is 12.1 Å². The molecule has 3 aliphatic rings. The molecule has 5 heterocycles. The SMILES string of the molecule is FC(F)(F)c1ccc(CN2CC3CC(C2)N3c2nc3cc(Cl)ccc3o2)cn1. The van der Waals surface area contributed by atoms with Crippen LogP contribution in [0.2, 0.25) is 5.02 Å². The number of halogens is 4. The third-order valence-electron chi connectivity index (χ3n) is 5.35.